The molecule has 1 heterocycles. The van der Waals surface area contributed by atoms with Crippen LogP contribution in [0.3, 0.4) is 0 Å². The minimum Gasteiger partial charge on any atom is -0.394 e. The summed E-state index contributed by atoms with van der Waals surface area (Å²) >= 11 is 0. The lowest BCUT2D eigenvalue weighted by Gasteiger charge is -2.33. The van der Waals surface area contributed by atoms with Gasteiger partial charge in [0.25, 0.3) is 0 Å². The van der Waals surface area contributed by atoms with Gasteiger partial charge in [-0.2, -0.15) is 0 Å². The van der Waals surface area contributed by atoms with Gasteiger partial charge in [0.15, 0.2) is 0 Å². The number of likely N-dealkylation sites (tertiary alicyclic amines) is 1. The molecule has 1 aliphatic heterocycles. The van der Waals surface area contributed by atoms with Crippen molar-refractivity contribution in [1.29, 1.82) is 0 Å². The van der Waals surface area contributed by atoms with Gasteiger partial charge in [0.05, 0.1) is 12.1 Å². The van der Waals surface area contributed by atoms with Crippen LogP contribution in [0.5, 0.6) is 0 Å². The second-order valence-corrected chi connectivity index (χ2v) is 8.15. The Bertz CT molecular complexity index is 376. The van der Waals surface area contributed by atoms with E-state index in [1.165, 1.54) is 13.0 Å². The van der Waals surface area contributed by atoms with Gasteiger partial charge in [-0.05, 0) is 76.4 Å². The Labute approximate surface area is 141 Å². The van der Waals surface area contributed by atoms with Crippen molar-refractivity contribution in [3.05, 3.63) is 0 Å². The highest BCUT2D eigenvalue weighted by molar-refractivity contribution is 5.74. The van der Waals surface area contributed by atoms with Crippen LogP contribution < -0.4 is 10.6 Å². The molecule has 5 heteroatoms. The summed E-state index contributed by atoms with van der Waals surface area (Å²) in [6, 6.07) is -0.129. The fourth-order valence-corrected chi connectivity index (χ4v) is 3.39. The number of urea groups is 1. The number of hydrogen-bond donors (Lipinski definition) is 3. The van der Waals surface area contributed by atoms with Gasteiger partial charge in [-0.25, -0.2) is 4.79 Å². The molecule has 0 aromatic carbocycles. The van der Waals surface area contributed by atoms with Gasteiger partial charge in [-0.3, -0.25) is 0 Å². The van der Waals surface area contributed by atoms with Crippen LogP contribution in [-0.4, -0.2) is 54.4 Å². The summed E-state index contributed by atoms with van der Waals surface area (Å²) in [6.45, 7) is 10.8. The maximum Gasteiger partial charge on any atom is 0.315 e. The smallest absolute Gasteiger partial charge is 0.315 e. The van der Waals surface area contributed by atoms with Crippen LogP contribution in [0, 0.1) is 17.8 Å². The van der Waals surface area contributed by atoms with Crippen molar-refractivity contribution in [3.8, 4) is 0 Å². The summed E-state index contributed by atoms with van der Waals surface area (Å²) in [7, 11) is 0. The van der Waals surface area contributed by atoms with Gasteiger partial charge in [-0.1, -0.05) is 13.8 Å². The molecular weight excluding hydrogens is 290 g/mol. The predicted octanol–water partition coefficient (Wildman–Crippen LogP) is 2.20. The highest BCUT2D eigenvalue weighted by Crippen LogP contribution is 2.39. The van der Waals surface area contributed by atoms with Crippen molar-refractivity contribution in [1.82, 2.24) is 15.5 Å². The van der Waals surface area contributed by atoms with E-state index in [2.05, 4.69) is 29.4 Å². The molecular formula is C18H35N3O2. The molecule has 0 radical (unpaired) electrons. The van der Waals surface area contributed by atoms with Gasteiger partial charge in [0.1, 0.15) is 0 Å². The Balaban J connectivity index is 1.62. The zero-order valence-electron chi connectivity index (χ0n) is 15.1. The van der Waals surface area contributed by atoms with Crippen LogP contribution >= 0.6 is 0 Å². The minimum atomic E-state index is -0.454. The average molecular weight is 325 g/mol. The van der Waals surface area contributed by atoms with Gasteiger partial charge in [-0.15, -0.1) is 0 Å². The number of nitrogens with zero attached hydrogens (tertiary/aromatic N) is 1. The number of rotatable bonds is 8. The molecule has 5 nitrogen and oxygen atoms in total. The van der Waals surface area contributed by atoms with E-state index in [1.54, 1.807) is 0 Å². The Kier molecular flexibility index (Phi) is 6.72. The lowest BCUT2D eigenvalue weighted by molar-refractivity contribution is 0.151. The topological polar surface area (TPSA) is 64.6 Å². The van der Waals surface area contributed by atoms with Crippen LogP contribution in [0.4, 0.5) is 4.79 Å². The maximum atomic E-state index is 12.1. The third kappa shape index (κ3) is 5.96. The van der Waals surface area contributed by atoms with Crippen molar-refractivity contribution in [2.75, 3.05) is 32.8 Å². The second kappa shape index (κ2) is 8.34. The molecule has 1 aliphatic carbocycles. The quantitative estimate of drug-likeness (QED) is 0.641. The van der Waals surface area contributed by atoms with Gasteiger partial charge in [0.2, 0.25) is 0 Å². The molecule has 0 spiro atoms. The summed E-state index contributed by atoms with van der Waals surface area (Å²) < 4.78 is 0. The summed E-state index contributed by atoms with van der Waals surface area (Å²) in [5, 5.41) is 15.5. The third-order valence-electron chi connectivity index (χ3n) is 5.49. The number of amides is 2. The fourth-order valence-electron chi connectivity index (χ4n) is 3.39. The Morgan fingerprint density at radius 3 is 2.43 bits per heavy atom. The summed E-state index contributed by atoms with van der Waals surface area (Å²) in [6.07, 6.45) is 5.81. The van der Waals surface area contributed by atoms with Crippen LogP contribution in [0.25, 0.3) is 0 Å². The van der Waals surface area contributed by atoms with Crippen molar-refractivity contribution in [2.45, 2.75) is 58.4 Å². The molecule has 134 valence electrons. The van der Waals surface area contributed by atoms with E-state index in [1.807, 2.05) is 6.92 Å². The summed E-state index contributed by atoms with van der Waals surface area (Å²) in [5.41, 5.74) is -0.454. The Morgan fingerprint density at radius 2 is 1.91 bits per heavy atom. The van der Waals surface area contributed by atoms with E-state index in [4.69, 9.17) is 0 Å². The SMILES string of the molecule is CC(C)CCN1CCC(CNC(=O)NC(C)(CO)C2CC2)CC1. The van der Waals surface area contributed by atoms with Gasteiger partial charge < -0.3 is 20.6 Å². The number of piperidine rings is 1. The highest BCUT2D eigenvalue weighted by Gasteiger charge is 2.42. The first kappa shape index (κ1) is 18.5. The molecule has 0 aromatic heterocycles. The van der Waals surface area contributed by atoms with Crippen molar-refractivity contribution < 1.29 is 9.90 Å². The monoisotopic (exact) mass is 325 g/mol. The first-order valence-electron chi connectivity index (χ1n) is 9.32. The third-order valence-corrected chi connectivity index (χ3v) is 5.49. The second-order valence-electron chi connectivity index (χ2n) is 8.15. The molecule has 1 unspecified atom stereocenters. The highest BCUT2D eigenvalue weighted by atomic mass is 16.3. The van der Waals surface area contributed by atoms with Gasteiger partial charge >= 0.3 is 6.03 Å². The fraction of sp³-hybridized carbons (Fsp3) is 0.944. The molecule has 1 atom stereocenters. The van der Waals surface area contributed by atoms with Crippen molar-refractivity contribution in [2.24, 2.45) is 17.8 Å². The molecule has 0 bridgehead atoms. The first-order valence-corrected chi connectivity index (χ1v) is 9.32. The van der Waals surface area contributed by atoms with E-state index < -0.39 is 5.54 Å². The van der Waals surface area contributed by atoms with E-state index in [9.17, 15) is 9.90 Å². The maximum absolute atomic E-state index is 12.1. The standard InChI is InChI=1S/C18H35N3O2/c1-14(2)6-9-21-10-7-15(8-11-21)12-19-17(23)20-18(3,13-22)16-4-5-16/h14-16,22H,4-13H2,1-3H3,(H2,19,20,23). The van der Waals surface area contributed by atoms with Crippen LogP contribution in [0.1, 0.15) is 52.9 Å². The van der Waals surface area contributed by atoms with E-state index in [0.29, 0.717) is 11.8 Å². The van der Waals surface area contributed by atoms with Crippen LogP contribution in [0.2, 0.25) is 0 Å². The minimum absolute atomic E-state index is 0.0132. The molecule has 23 heavy (non-hydrogen) atoms. The molecule has 0 aromatic rings. The zero-order valence-corrected chi connectivity index (χ0v) is 15.1. The molecule has 2 fully saturated rings. The first-order chi connectivity index (χ1) is 10.9. The number of nitrogens with one attached hydrogen (secondary N) is 2. The van der Waals surface area contributed by atoms with Crippen molar-refractivity contribution in [3.63, 3.8) is 0 Å². The zero-order chi connectivity index (χ0) is 16.9. The summed E-state index contributed by atoms with van der Waals surface area (Å²) in [4.78, 5) is 14.6. The molecule has 1 saturated carbocycles. The average Bonchev–Trinajstić information content (AvgIpc) is 3.37. The van der Waals surface area contributed by atoms with E-state index >= 15 is 0 Å². The Morgan fingerprint density at radius 1 is 1.26 bits per heavy atom. The lowest BCUT2D eigenvalue weighted by atomic mass is 9.96. The van der Waals surface area contributed by atoms with E-state index in [-0.39, 0.29) is 12.6 Å². The predicted molar refractivity (Wildman–Crippen MR) is 93.4 cm³/mol. The molecule has 1 saturated heterocycles. The molecule has 2 amide bonds. The lowest BCUT2D eigenvalue weighted by Crippen LogP contribution is -2.54. The van der Waals surface area contributed by atoms with Crippen molar-refractivity contribution >= 4 is 6.03 Å². The molecule has 2 rings (SSSR count). The molecule has 2 aliphatic rings. The summed E-state index contributed by atoms with van der Waals surface area (Å²) in [5.74, 6) is 1.78. The van der Waals surface area contributed by atoms with Crippen LogP contribution in [0.15, 0.2) is 0 Å². The Hall–Kier alpha value is -0.810. The van der Waals surface area contributed by atoms with Crippen LogP contribution in [-0.2, 0) is 0 Å². The number of carbonyl (C=O) groups excluding carboxylic acids is 1. The largest absolute Gasteiger partial charge is 0.394 e. The number of hydrogen-bond acceptors (Lipinski definition) is 3. The van der Waals surface area contributed by atoms with E-state index in [0.717, 1.165) is 51.2 Å². The normalized spacial score (nSPS) is 22.8. The molecule has 3 N–H and O–H groups in total. The number of aliphatic hydroxyl groups is 1. The van der Waals surface area contributed by atoms with Gasteiger partial charge in [0, 0.05) is 6.54 Å². The number of aliphatic hydroxyl groups excluding tert-OH is 1. The number of carbonyl (C=O) groups is 1.